The maximum absolute atomic E-state index is 11.2. The van der Waals surface area contributed by atoms with Gasteiger partial charge in [0.05, 0.1) is 0 Å². The highest BCUT2D eigenvalue weighted by Gasteiger charge is 2.24. The van der Waals surface area contributed by atoms with Crippen LogP contribution in [0.4, 0.5) is 0 Å². The van der Waals surface area contributed by atoms with Gasteiger partial charge < -0.3 is 0 Å². The molecule has 14 heavy (non-hydrogen) atoms. The van der Waals surface area contributed by atoms with Gasteiger partial charge in [-0.15, -0.1) is 0 Å². The van der Waals surface area contributed by atoms with E-state index >= 15 is 0 Å². The average molecular weight is 209 g/mol. The molecule has 0 radical (unpaired) electrons. The van der Waals surface area contributed by atoms with Gasteiger partial charge in [0.1, 0.15) is 5.78 Å². The maximum atomic E-state index is 11.2. The minimum absolute atomic E-state index is 0.384. The molecule has 74 valence electrons. The molecule has 0 aliphatic heterocycles. The van der Waals surface area contributed by atoms with Gasteiger partial charge in [0.2, 0.25) is 0 Å². The van der Waals surface area contributed by atoms with E-state index in [0.29, 0.717) is 18.1 Å². The van der Waals surface area contributed by atoms with Crippen LogP contribution < -0.4 is 0 Å². The molecule has 0 saturated heterocycles. The number of benzene rings is 1. The van der Waals surface area contributed by atoms with E-state index < -0.39 is 0 Å². The molecule has 1 saturated carbocycles. The second kappa shape index (κ2) is 3.74. The summed E-state index contributed by atoms with van der Waals surface area (Å²) in [5.41, 5.74) is 2.39. The van der Waals surface area contributed by atoms with Crippen molar-refractivity contribution in [3.8, 4) is 0 Å². The van der Waals surface area contributed by atoms with Gasteiger partial charge in [-0.1, -0.05) is 23.7 Å². The molecule has 1 aliphatic carbocycles. The molecule has 2 rings (SSSR count). The van der Waals surface area contributed by atoms with Crippen LogP contribution in [0.15, 0.2) is 18.2 Å². The lowest BCUT2D eigenvalue weighted by Crippen LogP contribution is -1.97. The summed E-state index contributed by atoms with van der Waals surface area (Å²) in [7, 11) is 0. The van der Waals surface area contributed by atoms with Gasteiger partial charge in [-0.05, 0) is 36.5 Å². The molecule has 0 spiro atoms. The van der Waals surface area contributed by atoms with Crippen LogP contribution in [0.3, 0.4) is 0 Å². The van der Waals surface area contributed by atoms with E-state index in [2.05, 4.69) is 6.07 Å². The zero-order valence-electron chi connectivity index (χ0n) is 8.22. The Morgan fingerprint density at radius 1 is 1.43 bits per heavy atom. The molecule has 0 bridgehead atoms. The number of rotatable bonds is 1. The number of hydrogen-bond donors (Lipinski definition) is 0. The molecular formula is C12H13ClO. The Kier molecular flexibility index (Phi) is 2.60. The first kappa shape index (κ1) is 9.72. The van der Waals surface area contributed by atoms with Crippen LogP contribution in [-0.2, 0) is 4.79 Å². The molecule has 1 aliphatic rings. The van der Waals surface area contributed by atoms with Crippen molar-refractivity contribution >= 4 is 17.4 Å². The zero-order valence-corrected chi connectivity index (χ0v) is 8.97. The van der Waals surface area contributed by atoms with Gasteiger partial charge in [0.25, 0.3) is 0 Å². The molecule has 1 fully saturated rings. The average Bonchev–Trinajstić information content (AvgIpc) is 2.57. The van der Waals surface area contributed by atoms with Crippen molar-refractivity contribution in [3.05, 3.63) is 34.3 Å². The zero-order chi connectivity index (χ0) is 10.1. The first-order chi connectivity index (χ1) is 6.68. The minimum atomic E-state index is 0.384. The molecule has 1 atom stereocenters. The Hall–Kier alpha value is -0.820. The maximum Gasteiger partial charge on any atom is 0.133 e. The first-order valence-electron chi connectivity index (χ1n) is 4.95. The lowest BCUT2D eigenvalue weighted by molar-refractivity contribution is -0.117. The Morgan fingerprint density at radius 2 is 2.21 bits per heavy atom. The van der Waals surface area contributed by atoms with Crippen LogP contribution in [0, 0.1) is 6.92 Å². The molecule has 1 aromatic rings. The highest BCUT2D eigenvalue weighted by Crippen LogP contribution is 2.35. The topological polar surface area (TPSA) is 17.1 Å². The summed E-state index contributed by atoms with van der Waals surface area (Å²) in [4.78, 5) is 11.2. The Labute approximate surface area is 89.1 Å². The molecule has 1 unspecified atom stereocenters. The van der Waals surface area contributed by atoms with Crippen LogP contribution in [-0.4, -0.2) is 5.78 Å². The predicted molar refractivity (Wildman–Crippen MR) is 57.8 cm³/mol. The summed E-state index contributed by atoms with van der Waals surface area (Å²) < 4.78 is 0. The summed E-state index contributed by atoms with van der Waals surface area (Å²) in [5.74, 6) is 0.788. The van der Waals surface area contributed by atoms with Crippen molar-refractivity contribution in [3.63, 3.8) is 0 Å². The van der Waals surface area contributed by atoms with E-state index in [1.807, 2.05) is 19.1 Å². The van der Waals surface area contributed by atoms with E-state index in [9.17, 15) is 4.79 Å². The molecule has 0 aromatic heterocycles. The molecule has 0 N–H and O–H groups in total. The lowest BCUT2D eigenvalue weighted by atomic mass is 9.93. The fraction of sp³-hybridized carbons (Fsp3) is 0.417. The van der Waals surface area contributed by atoms with Gasteiger partial charge in [-0.3, -0.25) is 4.79 Å². The van der Waals surface area contributed by atoms with E-state index in [1.165, 1.54) is 5.56 Å². The van der Waals surface area contributed by atoms with Gasteiger partial charge in [0, 0.05) is 17.9 Å². The number of Topliss-reactive ketones (excluding diaryl/α,β-unsaturated/α-hetero) is 1. The van der Waals surface area contributed by atoms with E-state index in [4.69, 9.17) is 11.6 Å². The summed E-state index contributed by atoms with van der Waals surface area (Å²) in [5, 5.41) is 0.807. The third-order valence-corrected chi connectivity index (χ3v) is 3.40. The highest BCUT2D eigenvalue weighted by molar-refractivity contribution is 6.31. The van der Waals surface area contributed by atoms with Crippen molar-refractivity contribution in [1.29, 1.82) is 0 Å². The van der Waals surface area contributed by atoms with Crippen LogP contribution in [0.5, 0.6) is 0 Å². The Bertz CT molecular complexity index is 371. The largest absolute Gasteiger partial charge is 0.300 e. The van der Waals surface area contributed by atoms with Crippen LogP contribution >= 0.6 is 11.6 Å². The van der Waals surface area contributed by atoms with E-state index in [-0.39, 0.29) is 0 Å². The fourth-order valence-electron chi connectivity index (χ4n) is 2.15. The van der Waals surface area contributed by atoms with Gasteiger partial charge in [-0.2, -0.15) is 0 Å². The van der Waals surface area contributed by atoms with Crippen LogP contribution in [0.2, 0.25) is 5.02 Å². The quantitative estimate of drug-likeness (QED) is 0.691. The standard InChI is InChI=1S/C12H13ClO/c1-8-11(3-2-4-12(8)13)9-5-6-10(14)7-9/h2-4,9H,5-7H2,1H3. The summed E-state index contributed by atoms with van der Waals surface area (Å²) in [6.45, 7) is 2.03. The number of ketones is 1. The number of carbonyl (C=O) groups is 1. The van der Waals surface area contributed by atoms with Gasteiger partial charge >= 0.3 is 0 Å². The summed E-state index contributed by atoms with van der Waals surface area (Å²) >= 11 is 6.04. The predicted octanol–water partition coefficient (Wildman–Crippen LogP) is 3.49. The molecule has 0 heterocycles. The van der Waals surface area contributed by atoms with Crippen molar-refractivity contribution in [2.75, 3.05) is 0 Å². The minimum Gasteiger partial charge on any atom is -0.300 e. The van der Waals surface area contributed by atoms with Gasteiger partial charge in [-0.25, -0.2) is 0 Å². The second-order valence-corrected chi connectivity index (χ2v) is 4.34. The Morgan fingerprint density at radius 3 is 2.86 bits per heavy atom. The Balaban J connectivity index is 2.32. The van der Waals surface area contributed by atoms with Crippen molar-refractivity contribution in [1.82, 2.24) is 0 Å². The number of carbonyl (C=O) groups excluding carboxylic acids is 1. The lowest BCUT2D eigenvalue weighted by Gasteiger charge is -2.12. The third-order valence-electron chi connectivity index (χ3n) is 3.00. The van der Waals surface area contributed by atoms with Gasteiger partial charge in [0.15, 0.2) is 0 Å². The summed E-state index contributed by atoms with van der Waals surface area (Å²) in [6, 6.07) is 5.95. The number of hydrogen-bond acceptors (Lipinski definition) is 1. The normalized spacial score (nSPS) is 21.6. The molecular weight excluding hydrogens is 196 g/mol. The second-order valence-electron chi connectivity index (χ2n) is 3.93. The monoisotopic (exact) mass is 208 g/mol. The molecule has 1 nitrogen and oxygen atoms in total. The summed E-state index contributed by atoms with van der Waals surface area (Å²) in [6.07, 6.45) is 2.41. The van der Waals surface area contributed by atoms with Crippen LogP contribution in [0.1, 0.15) is 36.3 Å². The number of halogens is 1. The highest BCUT2D eigenvalue weighted by atomic mass is 35.5. The SMILES string of the molecule is Cc1c(Cl)cccc1C1CCC(=O)C1. The van der Waals surface area contributed by atoms with Crippen molar-refractivity contribution < 1.29 is 4.79 Å². The smallest absolute Gasteiger partial charge is 0.133 e. The fourth-order valence-corrected chi connectivity index (χ4v) is 2.33. The van der Waals surface area contributed by atoms with Crippen LogP contribution in [0.25, 0.3) is 0 Å². The van der Waals surface area contributed by atoms with E-state index in [0.717, 1.165) is 23.4 Å². The molecule has 0 amide bonds. The molecule has 1 aromatic carbocycles. The first-order valence-corrected chi connectivity index (χ1v) is 5.33. The van der Waals surface area contributed by atoms with Crippen molar-refractivity contribution in [2.45, 2.75) is 32.1 Å². The third kappa shape index (κ3) is 1.69. The molecule has 2 heteroatoms. The van der Waals surface area contributed by atoms with E-state index in [1.54, 1.807) is 0 Å². The van der Waals surface area contributed by atoms with Crippen molar-refractivity contribution in [2.24, 2.45) is 0 Å².